The zero-order valence-electron chi connectivity index (χ0n) is 7.33. The Morgan fingerprint density at radius 3 is 2.67 bits per heavy atom. The molecule has 0 radical (unpaired) electrons. The van der Waals surface area contributed by atoms with E-state index in [-0.39, 0.29) is 0 Å². The first kappa shape index (κ1) is 10.4. The van der Waals surface area contributed by atoms with Gasteiger partial charge in [0.25, 0.3) is 0 Å². The largest absolute Gasteiger partial charge is 0.398 e. The van der Waals surface area contributed by atoms with Gasteiger partial charge in [-0.15, -0.1) is 13.2 Å². The number of nitrogens with zero attached hydrogens (tertiary/aromatic N) is 1. The SMILES string of the molecule is C/C=C(\N)c1cccnc1.C=C. The van der Waals surface area contributed by atoms with Gasteiger partial charge in [0.05, 0.1) is 0 Å². The Morgan fingerprint density at radius 1 is 1.58 bits per heavy atom. The van der Waals surface area contributed by atoms with Gasteiger partial charge in [-0.25, -0.2) is 0 Å². The summed E-state index contributed by atoms with van der Waals surface area (Å²) in [7, 11) is 0. The van der Waals surface area contributed by atoms with Gasteiger partial charge in [0, 0.05) is 23.7 Å². The first-order chi connectivity index (χ1) is 5.84. The van der Waals surface area contributed by atoms with Crippen LogP contribution in [0.3, 0.4) is 0 Å². The highest BCUT2D eigenvalue weighted by Gasteiger charge is 1.90. The summed E-state index contributed by atoms with van der Waals surface area (Å²) < 4.78 is 0. The van der Waals surface area contributed by atoms with Gasteiger partial charge >= 0.3 is 0 Å². The van der Waals surface area contributed by atoms with Crippen molar-refractivity contribution in [2.75, 3.05) is 0 Å². The highest BCUT2D eigenvalue weighted by atomic mass is 14.6. The maximum absolute atomic E-state index is 5.62. The molecule has 0 unspecified atom stereocenters. The van der Waals surface area contributed by atoms with Gasteiger partial charge in [-0.1, -0.05) is 6.08 Å². The summed E-state index contributed by atoms with van der Waals surface area (Å²) in [6.07, 6.45) is 5.33. The monoisotopic (exact) mass is 162 g/mol. The summed E-state index contributed by atoms with van der Waals surface area (Å²) in [5.74, 6) is 0. The second-order valence-corrected chi connectivity index (χ2v) is 1.99. The Hall–Kier alpha value is -1.57. The first-order valence-electron chi connectivity index (χ1n) is 3.67. The van der Waals surface area contributed by atoms with Crippen molar-refractivity contribution in [3.05, 3.63) is 49.3 Å². The zero-order chi connectivity index (χ0) is 9.40. The van der Waals surface area contributed by atoms with E-state index < -0.39 is 0 Å². The fourth-order valence-corrected chi connectivity index (χ4v) is 0.700. The number of rotatable bonds is 1. The van der Waals surface area contributed by atoms with E-state index in [1.54, 1.807) is 12.4 Å². The molecule has 64 valence electrons. The minimum absolute atomic E-state index is 0.771. The van der Waals surface area contributed by atoms with Crippen molar-refractivity contribution in [2.45, 2.75) is 6.92 Å². The van der Waals surface area contributed by atoms with Crippen molar-refractivity contribution < 1.29 is 0 Å². The lowest BCUT2D eigenvalue weighted by Gasteiger charge is -1.96. The summed E-state index contributed by atoms with van der Waals surface area (Å²) in [6.45, 7) is 7.91. The number of allylic oxidation sites excluding steroid dienone is 1. The third-order valence-electron chi connectivity index (χ3n) is 1.31. The summed E-state index contributed by atoms with van der Waals surface area (Å²) in [5.41, 5.74) is 7.36. The molecule has 0 aromatic carbocycles. The quantitative estimate of drug-likeness (QED) is 0.643. The molecule has 1 aromatic heterocycles. The molecule has 2 N–H and O–H groups in total. The van der Waals surface area contributed by atoms with E-state index in [4.69, 9.17) is 5.73 Å². The van der Waals surface area contributed by atoms with Crippen LogP contribution in [0.2, 0.25) is 0 Å². The van der Waals surface area contributed by atoms with Gasteiger partial charge in [-0.05, 0) is 19.1 Å². The Bertz CT molecular complexity index is 239. The third-order valence-corrected chi connectivity index (χ3v) is 1.31. The van der Waals surface area contributed by atoms with E-state index in [2.05, 4.69) is 18.1 Å². The molecule has 1 rings (SSSR count). The van der Waals surface area contributed by atoms with Gasteiger partial charge in [-0.2, -0.15) is 0 Å². The average molecular weight is 162 g/mol. The molecule has 0 aliphatic rings. The van der Waals surface area contributed by atoms with Crippen LogP contribution in [0.25, 0.3) is 5.70 Å². The summed E-state index contributed by atoms with van der Waals surface area (Å²) >= 11 is 0. The van der Waals surface area contributed by atoms with Crippen LogP contribution in [0.15, 0.2) is 43.8 Å². The number of aromatic nitrogens is 1. The Morgan fingerprint density at radius 2 is 2.25 bits per heavy atom. The van der Waals surface area contributed by atoms with Crippen LogP contribution < -0.4 is 5.73 Å². The minimum Gasteiger partial charge on any atom is -0.398 e. The van der Waals surface area contributed by atoms with Gasteiger partial charge in [0.2, 0.25) is 0 Å². The van der Waals surface area contributed by atoms with Crippen molar-refractivity contribution in [3.63, 3.8) is 0 Å². The molecule has 0 aliphatic carbocycles. The summed E-state index contributed by atoms with van der Waals surface area (Å²) in [6, 6.07) is 3.80. The standard InChI is InChI=1S/C8H10N2.C2H4/c1-2-8(9)7-4-3-5-10-6-7;1-2/h2-6H,9H2,1H3;1-2H2/b8-2-;. The predicted molar refractivity (Wildman–Crippen MR) is 53.3 cm³/mol. The molecular formula is C10H14N2. The molecule has 0 amide bonds. The van der Waals surface area contributed by atoms with Crippen LogP contribution in [0, 0.1) is 0 Å². The molecule has 0 saturated carbocycles. The van der Waals surface area contributed by atoms with E-state index >= 15 is 0 Å². The smallest absolute Gasteiger partial charge is 0.0360 e. The molecule has 0 aliphatic heterocycles. The molecule has 2 nitrogen and oxygen atoms in total. The molecule has 0 bridgehead atoms. The topological polar surface area (TPSA) is 38.9 Å². The fraction of sp³-hybridized carbons (Fsp3) is 0.100. The number of nitrogens with two attached hydrogens (primary N) is 1. The van der Waals surface area contributed by atoms with E-state index in [0.29, 0.717) is 0 Å². The van der Waals surface area contributed by atoms with Crippen LogP contribution in [0.5, 0.6) is 0 Å². The molecule has 0 atom stereocenters. The predicted octanol–water partition coefficient (Wildman–Crippen LogP) is 2.20. The van der Waals surface area contributed by atoms with E-state index in [1.165, 1.54) is 0 Å². The van der Waals surface area contributed by atoms with Crippen molar-refractivity contribution >= 4 is 5.70 Å². The number of hydrogen-bond donors (Lipinski definition) is 1. The molecule has 12 heavy (non-hydrogen) atoms. The van der Waals surface area contributed by atoms with Crippen molar-refractivity contribution in [2.24, 2.45) is 5.73 Å². The van der Waals surface area contributed by atoms with Gasteiger partial charge in [0.15, 0.2) is 0 Å². The van der Waals surface area contributed by atoms with Crippen molar-refractivity contribution in [1.29, 1.82) is 0 Å². The molecule has 0 saturated heterocycles. The second-order valence-electron chi connectivity index (χ2n) is 1.99. The average Bonchev–Trinajstić information content (AvgIpc) is 2.21. The minimum atomic E-state index is 0.771. The van der Waals surface area contributed by atoms with Crippen molar-refractivity contribution in [3.8, 4) is 0 Å². The molecule has 2 heteroatoms. The zero-order valence-corrected chi connectivity index (χ0v) is 7.33. The van der Waals surface area contributed by atoms with Gasteiger partial charge < -0.3 is 5.73 Å². The lowest BCUT2D eigenvalue weighted by molar-refractivity contribution is 1.30. The molecule has 0 spiro atoms. The summed E-state index contributed by atoms with van der Waals surface area (Å²) in [4.78, 5) is 3.93. The Kier molecular flexibility index (Phi) is 5.35. The Labute approximate surface area is 73.4 Å². The highest BCUT2D eigenvalue weighted by Crippen LogP contribution is 2.04. The van der Waals surface area contributed by atoms with Crippen LogP contribution in [0.1, 0.15) is 12.5 Å². The van der Waals surface area contributed by atoms with Crippen LogP contribution in [0.4, 0.5) is 0 Å². The molecule has 1 heterocycles. The maximum Gasteiger partial charge on any atom is 0.0360 e. The lowest BCUT2D eigenvalue weighted by Crippen LogP contribution is -1.94. The molecular weight excluding hydrogens is 148 g/mol. The maximum atomic E-state index is 5.62. The lowest BCUT2D eigenvalue weighted by atomic mass is 10.2. The molecule has 0 fully saturated rings. The third kappa shape index (κ3) is 3.01. The normalized spacial score (nSPS) is 9.92. The van der Waals surface area contributed by atoms with Gasteiger partial charge in [0.1, 0.15) is 0 Å². The van der Waals surface area contributed by atoms with E-state index in [0.717, 1.165) is 11.3 Å². The van der Waals surface area contributed by atoms with E-state index in [9.17, 15) is 0 Å². The van der Waals surface area contributed by atoms with Crippen molar-refractivity contribution in [1.82, 2.24) is 4.98 Å². The second kappa shape index (κ2) is 6.16. The summed E-state index contributed by atoms with van der Waals surface area (Å²) in [5, 5.41) is 0. The highest BCUT2D eigenvalue weighted by molar-refractivity contribution is 5.60. The Balaban J connectivity index is 0.000000561. The molecule has 1 aromatic rings. The fourth-order valence-electron chi connectivity index (χ4n) is 0.700. The van der Waals surface area contributed by atoms with Crippen LogP contribution >= 0.6 is 0 Å². The van der Waals surface area contributed by atoms with Crippen LogP contribution in [-0.2, 0) is 0 Å². The van der Waals surface area contributed by atoms with E-state index in [1.807, 2.05) is 25.1 Å². The van der Waals surface area contributed by atoms with Gasteiger partial charge in [-0.3, -0.25) is 4.98 Å². The first-order valence-corrected chi connectivity index (χ1v) is 3.67. The number of hydrogen-bond acceptors (Lipinski definition) is 2. The number of pyridine rings is 1. The van der Waals surface area contributed by atoms with Crippen LogP contribution in [-0.4, -0.2) is 4.98 Å².